The molecule has 0 bridgehead atoms. The average molecular weight is 431 g/mol. The molecular formula is C15H20O2Rb2Si+. The van der Waals surface area contributed by atoms with Crippen LogP contribution in [0.5, 0.6) is 0 Å². The van der Waals surface area contributed by atoms with Crippen LogP contribution in [0.3, 0.4) is 0 Å². The zero-order valence-electron chi connectivity index (χ0n) is 12.8. The van der Waals surface area contributed by atoms with Crippen molar-refractivity contribution < 1.29 is 126 Å². The Bertz CT molecular complexity index is 398. The van der Waals surface area contributed by atoms with Crippen molar-refractivity contribution in [3.05, 3.63) is 47.5 Å². The van der Waals surface area contributed by atoms with Crippen molar-refractivity contribution in [2.75, 3.05) is 6.61 Å². The summed E-state index contributed by atoms with van der Waals surface area (Å²) in [7, 11) is 0.0264. The molecule has 20 heavy (non-hydrogen) atoms. The van der Waals surface area contributed by atoms with Gasteiger partial charge in [0.2, 0.25) is 0 Å². The molecule has 97 valence electrons. The van der Waals surface area contributed by atoms with Crippen LogP contribution in [0.4, 0.5) is 0 Å². The second-order valence-corrected chi connectivity index (χ2v) is 5.71. The summed E-state index contributed by atoms with van der Waals surface area (Å²) >= 11 is 0. The summed E-state index contributed by atoms with van der Waals surface area (Å²) in [6.45, 7) is 3.57. The van der Waals surface area contributed by atoms with E-state index in [1.54, 1.807) is 0 Å². The molecule has 0 spiro atoms. The quantitative estimate of drug-likeness (QED) is 0.384. The normalized spacial score (nSPS) is 20.8. The summed E-state index contributed by atoms with van der Waals surface area (Å²) in [6, 6.07) is 10.2. The van der Waals surface area contributed by atoms with Crippen LogP contribution in [0.25, 0.3) is 0 Å². The molecule has 2 nitrogen and oxygen atoms in total. The summed E-state index contributed by atoms with van der Waals surface area (Å²) in [5.74, 6) is 0.419. The van der Waals surface area contributed by atoms with E-state index in [1.165, 1.54) is 11.1 Å². The molecule has 2 atom stereocenters. The molecule has 1 aliphatic rings. The van der Waals surface area contributed by atoms with E-state index in [2.05, 4.69) is 25.1 Å². The third-order valence-corrected chi connectivity index (χ3v) is 4.55. The van der Waals surface area contributed by atoms with E-state index >= 15 is 0 Å². The van der Waals surface area contributed by atoms with Crippen LogP contribution in [-0.4, -0.2) is 21.2 Å². The summed E-state index contributed by atoms with van der Waals surface area (Å²) in [4.78, 5) is 9.40. The molecule has 1 aliphatic carbocycles. The molecular weight excluding hydrogens is 411 g/mol. The number of benzene rings is 1. The van der Waals surface area contributed by atoms with Crippen LogP contribution in [0, 0.1) is 5.92 Å². The molecule has 5 heteroatoms. The van der Waals surface area contributed by atoms with E-state index in [4.69, 9.17) is 4.74 Å². The molecule has 1 radical (unpaired) electrons. The smallest absolute Gasteiger partial charge is 0.634 e. The van der Waals surface area contributed by atoms with Crippen molar-refractivity contribution in [1.29, 1.82) is 0 Å². The number of hydrogen-bond acceptors (Lipinski definition) is 2. The zero-order chi connectivity index (χ0) is 12.8. The molecule has 0 amide bonds. The maximum atomic E-state index is 9.40. The molecule has 1 aromatic carbocycles. The molecule has 0 aromatic heterocycles. The fourth-order valence-electron chi connectivity index (χ4n) is 2.50. The Kier molecular flexibility index (Phi) is 14.8. The van der Waals surface area contributed by atoms with Crippen LogP contribution in [0.2, 0.25) is 5.54 Å². The molecule has 0 saturated carbocycles. The van der Waals surface area contributed by atoms with E-state index in [-0.39, 0.29) is 126 Å². The van der Waals surface area contributed by atoms with Crippen molar-refractivity contribution in [3.8, 4) is 0 Å². The molecule has 1 aromatic rings. The molecule has 2 rings (SSSR count). The Labute approximate surface area is 222 Å². The van der Waals surface area contributed by atoms with Crippen LogP contribution in [-0.2, 0) is 11.3 Å². The average Bonchev–Trinajstić information content (AvgIpc) is 2.82. The van der Waals surface area contributed by atoms with Gasteiger partial charge >= 0.3 is 116 Å². The monoisotopic (exact) mass is 430 g/mol. The first-order valence-corrected chi connectivity index (χ1v) is 7.57. The van der Waals surface area contributed by atoms with Crippen molar-refractivity contribution in [3.63, 3.8) is 0 Å². The topological polar surface area (TPSA) is 29.5 Å². The maximum Gasteiger partial charge on any atom is 1.00 e. The van der Waals surface area contributed by atoms with Gasteiger partial charge < -0.3 is 9.53 Å². The first-order chi connectivity index (χ1) is 8.85. The molecule has 0 aliphatic heterocycles. The maximum absolute atomic E-state index is 9.40. The minimum atomic E-state index is 0. The van der Waals surface area contributed by atoms with Gasteiger partial charge in [-0.15, -0.1) is 0 Å². The van der Waals surface area contributed by atoms with E-state index in [0.717, 1.165) is 19.4 Å². The molecule has 0 fully saturated rings. The number of allylic oxidation sites excluding steroid dienone is 1. The fourth-order valence-corrected chi connectivity index (χ4v) is 3.22. The van der Waals surface area contributed by atoms with Crippen molar-refractivity contribution in [2.24, 2.45) is 5.92 Å². The first kappa shape index (κ1) is 22.7. The molecule has 0 unspecified atom stereocenters. The predicted molar refractivity (Wildman–Crippen MR) is 74.3 cm³/mol. The SMILES string of the molecule is CCC1=CC[C@H]([Si-]O)[C@H]1COCc1ccccc1.[Rb+].[Rb+]. The Hall–Kier alpha value is 2.71. The largest absolute Gasteiger partial charge is 1.00 e. The summed E-state index contributed by atoms with van der Waals surface area (Å²) < 4.78 is 5.82. The van der Waals surface area contributed by atoms with Crippen molar-refractivity contribution in [2.45, 2.75) is 31.9 Å². The van der Waals surface area contributed by atoms with Gasteiger partial charge in [0.25, 0.3) is 0 Å². The Morgan fingerprint density at radius 3 is 2.55 bits per heavy atom. The van der Waals surface area contributed by atoms with Gasteiger partial charge in [-0.2, -0.15) is 5.54 Å². The Morgan fingerprint density at radius 2 is 1.95 bits per heavy atom. The Balaban J connectivity index is 0.00000180. The van der Waals surface area contributed by atoms with Crippen molar-refractivity contribution >= 4 is 9.76 Å². The minimum absolute atomic E-state index is 0. The van der Waals surface area contributed by atoms with Gasteiger partial charge in [0.05, 0.1) is 13.2 Å². The van der Waals surface area contributed by atoms with Gasteiger partial charge in [-0.05, 0) is 17.9 Å². The van der Waals surface area contributed by atoms with Gasteiger partial charge in [-0.3, -0.25) is 9.76 Å². The van der Waals surface area contributed by atoms with E-state index < -0.39 is 0 Å². The summed E-state index contributed by atoms with van der Waals surface area (Å²) in [5.41, 5.74) is 3.05. The second kappa shape index (κ2) is 13.0. The van der Waals surface area contributed by atoms with Gasteiger partial charge in [-0.1, -0.05) is 55.3 Å². The summed E-state index contributed by atoms with van der Waals surface area (Å²) in [6.07, 6.45) is 4.36. The van der Waals surface area contributed by atoms with Gasteiger partial charge in [0.1, 0.15) is 0 Å². The Morgan fingerprint density at radius 1 is 1.25 bits per heavy atom. The zero-order valence-corrected chi connectivity index (χ0v) is 23.6. The van der Waals surface area contributed by atoms with E-state index in [1.807, 2.05) is 18.2 Å². The van der Waals surface area contributed by atoms with Crippen LogP contribution >= 0.6 is 0 Å². The van der Waals surface area contributed by atoms with Gasteiger partial charge in [-0.25, -0.2) is 0 Å². The van der Waals surface area contributed by atoms with Crippen LogP contribution in [0.1, 0.15) is 25.3 Å². The molecule has 1 N–H and O–H groups in total. The third-order valence-electron chi connectivity index (χ3n) is 3.58. The number of hydrogen-bond donors (Lipinski definition) is 1. The summed E-state index contributed by atoms with van der Waals surface area (Å²) in [5, 5.41) is 0. The first-order valence-electron chi connectivity index (χ1n) is 6.55. The van der Waals surface area contributed by atoms with Crippen molar-refractivity contribution in [1.82, 2.24) is 0 Å². The molecule has 0 heterocycles. The van der Waals surface area contributed by atoms with E-state index in [9.17, 15) is 4.80 Å². The van der Waals surface area contributed by atoms with E-state index in [0.29, 0.717) is 18.1 Å². The fraction of sp³-hybridized carbons (Fsp3) is 0.467. The number of rotatable bonds is 6. The standard InChI is InChI=1S/C15H20O2Si.2Rb/c1-2-13-8-9-15(18-16)14(13)11-17-10-12-6-4-3-5-7-12;;/h3-8,14-16H,2,9-11H2,1H3;;/q-1;2*+1/t14-,15-;;/m0../s1. The van der Waals surface area contributed by atoms with Gasteiger partial charge in [0.15, 0.2) is 0 Å². The predicted octanol–water partition coefficient (Wildman–Crippen LogP) is -3.03. The number of ether oxygens (including phenoxy) is 1. The minimum Gasteiger partial charge on any atom is -0.634 e. The van der Waals surface area contributed by atoms with Gasteiger partial charge in [0, 0.05) is 0 Å². The molecule has 0 saturated heterocycles. The second-order valence-electron chi connectivity index (χ2n) is 4.71. The van der Waals surface area contributed by atoms with Crippen LogP contribution in [0.15, 0.2) is 42.0 Å². The third kappa shape index (κ3) is 7.08. The van der Waals surface area contributed by atoms with Crippen LogP contribution < -0.4 is 116 Å².